The van der Waals surface area contributed by atoms with E-state index in [0.29, 0.717) is 6.54 Å². The lowest BCUT2D eigenvalue weighted by Gasteiger charge is -2.10. The number of nitro groups is 1. The Morgan fingerprint density at radius 3 is 2.80 bits per heavy atom. The Hall–Kier alpha value is -1.38. The zero-order chi connectivity index (χ0) is 15.0. The minimum atomic E-state index is -0.544. The molecule has 0 saturated heterocycles. The molecule has 7 heteroatoms. The van der Waals surface area contributed by atoms with E-state index in [0.717, 1.165) is 17.3 Å². The fraction of sp³-hybridized carbons (Fsp3) is 0.462. The number of nitrogens with zero attached hydrogens (tertiary/aromatic N) is 1. The van der Waals surface area contributed by atoms with Gasteiger partial charge in [0.1, 0.15) is 0 Å². The van der Waals surface area contributed by atoms with Crippen molar-refractivity contribution in [1.82, 2.24) is 5.32 Å². The molecule has 20 heavy (non-hydrogen) atoms. The smallest absolute Gasteiger partial charge is 0.311 e. The molecule has 6 nitrogen and oxygen atoms in total. The van der Waals surface area contributed by atoms with Crippen LogP contribution < -0.4 is 10.1 Å². The summed E-state index contributed by atoms with van der Waals surface area (Å²) < 4.78 is 6.31. The maximum absolute atomic E-state index is 12.1. The lowest BCUT2D eigenvalue weighted by Crippen LogP contribution is -2.25. The van der Waals surface area contributed by atoms with Crippen molar-refractivity contribution in [3.05, 3.63) is 33.9 Å². The van der Waals surface area contributed by atoms with Crippen LogP contribution in [0.4, 0.5) is 5.69 Å². The van der Waals surface area contributed by atoms with Crippen molar-refractivity contribution in [2.75, 3.05) is 17.6 Å². The average molecular weight is 392 g/mol. The van der Waals surface area contributed by atoms with E-state index in [1.54, 1.807) is 6.92 Å². The Labute approximate surface area is 131 Å². The molecule has 0 bridgehead atoms. The molecule has 0 aliphatic carbocycles. The van der Waals surface area contributed by atoms with E-state index in [2.05, 4.69) is 27.9 Å². The largest absolute Gasteiger partial charge is 0.487 e. The van der Waals surface area contributed by atoms with Gasteiger partial charge in [0.15, 0.2) is 0 Å². The fourth-order valence-electron chi connectivity index (χ4n) is 1.66. The molecule has 0 heterocycles. The monoisotopic (exact) mass is 392 g/mol. The number of nitrogens with one attached hydrogen (secondary N) is 1. The van der Waals surface area contributed by atoms with Crippen molar-refractivity contribution in [3.63, 3.8) is 0 Å². The van der Waals surface area contributed by atoms with E-state index in [-0.39, 0.29) is 29.5 Å². The number of nitro benzene ring substituents is 1. The van der Waals surface area contributed by atoms with E-state index in [1.165, 1.54) is 18.2 Å². The Balaban J connectivity index is 2.89. The van der Waals surface area contributed by atoms with Crippen molar-refractivity contribution in [1.29, 1.82) is 0 Å². The highest BCUT2D eigenvalue weighted by atomic mass is 127. The number of hydrogen-bond acceptors (Lipinski definition) is 4. The van der Waals surface area contributed by atoms with Crippen LogP contribution in [0.2, 0.25) is 0 Å². The summed E-state index contributed by atoms with van der Waals surface area (Å²) >= 11 is 2.28. The lowest BCUT2D eigenvalue weighted by molar-refractivity contribution is -0.385. The number of hydrogen-bond donors (Lipinski definition) is 1. The molecule has 1 aromatic rings. The molecule has 0 saturated carbocycles. The summed E-state index contributed by atoms with van der Waals surface area (Å²) in [7, 11) is 0. The van der Waals surface area contributed by atoms with E-state index in [4.69, 9.17) is 4.74 Å². The summed E-state index contributed by atoms with van der Waals surface area (Å²) in [5.41, 5.74) is 0.0160. The van der Waals surface area contributed by atoms with Gasteiger partial charge in [-0.15, -0.1) is 0 Å². The van der Waals surface area contributed by atoms with Crippen molar-refractivity contribution in [2.45, 2.75) is 19.8 Å². The van der Waals surface area contributed by atoms with E-state index in [1.807, 2.05) is 0 Å². The predicted octanol–water partition coefficient (Wildman–Crippen LogP) is 2.94. The lowest BCUT2D eigenvalue weighted by atomic mass is 10.1. The number of unbranched alkanes of at least 4 members (excludes halogenated alkanes) is 1. The minimum Gasteiger partial charge on any atom is -0.487 e. The van der Waals surface area contributed by atoms with Gasteiger partial charge in [-0.25, -0.2) is 0 Å². The van der Waals surface area contributed by atoms with Gasteiger partial charge in [-0.1, -0.05) is 28.7 Å². The zero-order valence-corrected chi connectivity index (χ0v) is 13.4. The van der Waals surface area contributed by atoms with Crippen LogP contribution in [0.5, 0.6) is 5.75 Å². The molecule has 1 N–H and O–H groups in total. The number of ether oxygens (including phenoxy) is 1. The molecule has 110 valence electrons. The van der Waals surface area contributed by atoms with Crippen LogP contribution in [-0.4, -0.2) is 28.4 Å². The first-order valence-corrected chi connectivity index (χ1v) is 7.88. The average Bonchev–Trinajstić information content (AvgIpc) is 2.43. The normalized spacial score (nSPS) is 10.1. The number of alkyl halides is 1. The van der Waals surface area contributed by atoms with E-state index >= 15 is 0 Å². The molecule has 0 aliphatic rings. The third kappa shape index (κ3) is 4.62. The van der Waals surface area contributed by atoms with Crippen molar-refractivity contribution in [2.24, 2.45) is 0 Å². The van der Waals surface area contributed by atoms with E-state index < -0.39 is 4.92 Å². The summed E-state index contributed by atoms with van der Waals surface area (Å²) in [5.74, 6) is -0.308. The Morgan fingerprint density at radius 1 is 1.45 bits per heavy atom. The van der Waals surface area contributed by atoms with Gasteiger partial charge in [0.2, 0.25) is 5.75 Å². The molecule has 0 fully saturated rings. The second kappa shape index (κ2) is 8.72. The van der Waals surface area contributed by atoms with Crippen molar-refractivity contribution < 1.29 is 14.5 Å². The van der Waals surface area contributed by atoms with Gasteiger partial charge in [-0.3, -0.25) is 14.9 Å². The van der Waals surface area contributed by atoms with Gasteiger partial charge in [-0.2, -0.15) is 0 Å². The molecule has 0 spiro atoms. The summed E-state index contributed by atoms with van der Waals surface area (Å²) in [4.78, 5) is 22.5. The molecule has 0 radical (unpaired) electrons. The molecule has 0 aromatic heterocycles. The first-order valence-electron chi connectivity index (χ1n) is 6.36. The Kier molecular flexibility index (Phi) is 7.27. The maximum Gasteiger partial charge on any atom is 0.311 e. The summed E-state index contributed by atoms with van der Waals surface area (Å²) in [5, 5.41) is 13.7. The molecule has 1 amide bonds. The highest BCUT2D eigenvalue weighted by Gasteiger charge is 2.22. The molecule has 0 aliphatic heterocycles. The molecular weight excluding hydrogens is 375 g/mol. The Bertz CT molecular complexity index is 479. The third-order valence-corrected chi connectivity index (χ3v) is 3.33. The first kappa shape index (κ1) is 16.7. The second-order valence-corrected chi connectivity index (χ2v) is 5.07. The van der Waals surface area contributed by atoms with Gasteiger partial charge in [0.05, 0.1) is 17.1 Å². The SMILES string of the molecule is CCOc1c(C(=O)NCCCCI)cccc1[N+](=O)[O-]. The van der Waals surface area contributed by atoms with Gasteiger partial charge < -0.3 is 10.1 Å². The molecule has 0 unspecified atom stereocenters. The van der Waals surface area contributed by atoms with Crippen molar-refractivity contribution >= 4 is 34.2 Å². The number of carbonyl (C=O) groups excluding carboxylic acids is 1. The molecular formula is C13H17IN2O4. The fourth-order valence-corrected chi connectivity index (χ4v) is 2.20. The van der Waals surface area contributed by atoms with Gasteiger partial charge in [-0.05, 0) is 30.3 Å². The van der Waals surface area contributed by atoms with Gasteiger partial charge >= 0.3 is 5.69 Å². The second-order valence-electron chi connectivity index (χ2n) is 4.00. The van der Waals surface area contributed by atoms with Gasteiger partial charge in [0.25, 0.3) is 5.91 Å². The van der Waals surface area contributed by atoms with Crippen molar-refractivity contribution in [3.8, 4) is 5.75 Å². The van der Waals surface area contributed by atoms with Crippen LogP contribution in [0.3, 0.4) is 0 Å². The number of rotatable bonds is 8. The topological polar surface area (TPSA) is 81.5 Å². The quantitative estimate of drug-likeness (QED) is 0.243. The van der Waals surface area contributed by atoms with E-state index in [9.17, 15) is 14.9 Å². The minimum absolute atomic E-state index is 0.0337. The maximum atomic E-state index is 12.1. The number of benzene rings is 1. The highest BCUT2D eigenvalue weighted by molar-refractivity contribution is 14.1. The molecule has 1 aromatic carbocycles. The number of para-hydroxylation sites is 1. The zero-order valence-electron chi connectivity index (χ0n) is 11.2. The summed E-state index contributed by atoms with van der Waals surface area (Å²) in [6, 6.07) is 4.35. The van der Waals surface area contributed by atoms with Crippen LogP contribution in [-0.2, 0) is 0 Å². The van der Waals surface area contributed by atoms with Crippen LogP contribution in [0.25, 0.3) is 0 Å². The standard InChI is InChI=1S/C13H17IN2O4/c1-2-20-12-10(6-5-7-11(12)16(18)19)13(17)15-9-4-3-8-14/h5-7H,2-4,8-9H2,1H3,(H,15,17). The summed E-state index contributed by atoms with van der Waals surface area (Å²) in [6.07, 6.45) is 1.90. The Morgan fingerprint density at radius 2 is 2.20 bits per heavy atom. The highest BCUT2D eigenvalue weighted by Crippen LogP contribution is 2.30. The third-order valence-electron chi connectivity index (χ3n) is 2.57. The number of carbonyl (C=O) groups is 1. The predicted molar refractivity (Wildman–Crippen MR) is 84.7 cm³/mol. The summed E-state index contributed by atoms with van der Waals surface area (Å²) in [6.45, 7) is 2.54. The number of amides is 1. The first-order chi connectivity index (χ1) is 9.61. The van der Waals surface area contributed by atoms with Crippen LogP contribution in [0, 0.1) is 10.1 Å². The molecule has 1 rings (SSSR count). The van der Waals surface area contributed by atoms with Crippen LogP contribution in [0.15, 0.2) is 18.2 Å². The van der Waals surface area contributed by atoms with Crippen LogP contribution in [0.1, 0.15) is 30.1 Å². The van der Waals surface area contributed by atoms with Crippen LogP contribution >= 0.6 is 22.6 Å². The number of halogens is 1. The van der Waals surface area contributed by atoms with Gasteiger partial charge in [0, 0.05) is 12.6 Å². The molecule has 0 atom stereocenters.